The Kier molecular flexibility index (Phi) is 5.13. The van der Waals surface area contributed by atoms with Crippen molar-refractivity contribution in [1.29, 1.82) is 0 Å². The van der Waals surface area contributed by atoms with Gasteiger partial charge in [-0.25, -0.2) is 0 Å². The summed E-state index contributed by atoms with van der Waals surface area (Å²) in [5.41, 5.74) is 5.65. The molecule has 1 aliphatic rings. The summed E-state index contributed by atoms with van der Waals surface area (Å²) in [6.07, 6.45) is 4.25. The Balaban J connectivity index is 0.00000231. The van der Waals surface area contributed by atoms with E-state index in [4.69, 9.17) is 9.97 Å². The average Bonchev–Trinajstić information content (AvgIpc) is 3.31. The van der Waals surface area contributed by atoms with Crippen LogP contribution in [-0.2, 0) is 46.0 Å². The maximum Gasteiger partial charge on any atom is 2.00 e. The van der Waals surface area contributed by atoms with Crippen LogP contribution in [0.1, 0.15) is 50.2 Å². The first-order valence-corrected chi connectivity index (χ1v) is 10.3. The smallest absolute Gasteiger partial charge is 0.373 e. The van der Waals surface area contributed by atoms with Crippen molar-refractivity contribution < 1.29 is 21.1 Å². The van der Waals surface area contributed by atoms with E-state index < -0.39 is 0 Å². The third kappa shape index (κ3) is 3.32. The second-order valence-corrected chi connectivity index (χ2v) is 9.33. The summed E-state index contributed by atoms with van der Waals surface area (Å²) in [4.78, 5) is 10.1. The largest absolute Gasteiger partial charge is 2.00 e. The summed E-state index contributed by atoms with van der Waals surface area (Å²) in [6.45, 7) is 8.81. The first-order valence-electron chi connectivity index (χ1n) is 10.3. The SMILES string of the molecule is Cn1cc2nc1-c1[c-]c(ccc1)C(C)(C)c1cn(C)c(n1)-c1[c-]c(ccc1)C2(C)C.[Pt+2]. The van der Waals surface area contributed by atoms with E-state index in [-0.39, 0.29) is 31.9 Å². The van der Waals surface area contributed by atoms with E-state index in [9.17, 15) is 0 Å². The fraction of sp³-hybridized carbons (Fsp3) is 0.308. The molecule has 2 aromatic carbocycles. The van der Waals surface area contributed by atoms with Crippen molar-refractivity contribution in [2.24, 2.45) is 14.1 Å². The van der Waals surface area contributed by atoms with Gasteiger partial charge < -0.3 is 9.13 Å². The first-order chi connectivity index (χ1) is 14.2. The van der Waals surface area contributed by atoms with Gasteiger partial charge in [0.1, 0.15) is 0 Å². The molecule has 0 N–H and O–H groups in total. The van der Waals surface area contributed by atoms with Crippen molar-refractivity contribution in [3.8, 4) is 22.8 Å². The van der Waals surface area contributed by atoms with Crippen LogP contribution in [0.25, 0.3) is 22.8 Å². The van der Waals surface area contributed by atoms with Crippen molar-refractivity contribution in [2.45, 2.75) is 38.5 Å². The van der Waals surface area contributed by atoms with Crippen LogP contribution in [0, 0.1) is 12.1 Å². The number of hydrogen-bond donors (Lipinski definition) is 0. The van der Waals surface area contributed by atoms with Crippen LogP contribution in [0.2, 0.25) is 0 Å². The van der Waals surface area contributed by atoms with Gasteiger partial charge in [-0.15, -0.1) is 70.8 Å². The van der Waals surface area contributed by atoms with Crippen molar-refractivity contribution in [3.63, 3.8) is 0 Å². The Bertz CT molecular complexity index is 1180. The molecule has 160 valence electrons. The van der Waals surface area contributed by atoms with Crippen LogP contribution in [0.15, 0.2) is 48.8 Å². The molecule has 0 atom stereocenters. The Labute approximate surface area is 198 Å². The number of aryl methyl sites for hydroxylation is 2. The molecular formula is C26H26N4Pt. The first kappa shape index (κ1) is 21.8. The van der Waals surface area contributed by atoms with Crippen LogP contribution in [0.5, 0.6) is 0 Å². The van der Waals surface area contributed by atoms with Gasteiger partial charge in [0.15, 0.2) is 0 Å². The normalized spacial score (nSPS) is 15.7. The Morgan fingerprint density at radius 2 is 1.06 bits per heavy atom. The van der Waals surface area contributed by atoms with Crippen LogP contribution >= 0.6 is 0 Å². The molecule has 5 heteroatoms. The Morgan fingerprint density at radius 1 is 0.677 bits per heavy atom. The molecule has 4 aromatic rings. The summed E-state index contributed by atoms with van der Waals surface area (Å²) in [7, 11) is 4.10. The van der Waals surface area contributed by atoms with Gasteiger partial charge in [0.05, 0.1) is 23.0 Å². The number of imidazole rings is 2. The van der Waals surface area contributed by atoms with Gasteiger partial charge in [-0.1, -0.05) is 27.7 Å². The topological polar surface area (TPSA) is 35.6 Å². The van der Waals surface area contributed by atoms with E-state index in [1.165, 1.54) is 0 Å². The van der Waals surface area contributed by atoms with Gasteiger partial charge >= 0.3 is 21.1 Å². The van der Waals surface area contributed by atoms with Crippen molar-refractivity contribution >= 4 is 0 Å². The zero-order chi connectivity index (χ0) is 21.3. The molecular weight excluding hydrogens is 563 g/mol. The summed E-state index contributed by atoms with van der Waals surface area (Å²) in [5.74, 6) is 1.84. The quantitative estimate of drug-likeness (QED) is 0.269. The van der Waals surface area contributed by atoms with E-state index in [2.05, 4.69) is 112 Å². The van der Waals surface area contributed by atoms with Crippen LogP contribution in [-0.4, -0.2) is 19.1 Å². The number of aromatic nitrogens is 4. The standard InChI is InChI=1S/C26H26N4.Pt/c1-25(2)19-11-7-9-17(13-19)24-28-22(16-30(24)6)26(3,4)20-12-8-10-18(14-20)23-27-21(25)15-29(23)5;/h7-12,15-16H,1-6H3;/q-2;+2. The summed E-state index contributed by atoms with van der Waals surface area (Å²) >= 11 is 0. The maximum atomic E-state index is 5.05. The molecule has 1 aliphatic heterocycles. The van der Waals surface area contributed by atoms with Crippen molar-refractivity contribution in [2.75, 3.05) is 0 Å². The Morgan fingerprint density at radius 3 is 1.45 bits per heavy atom. The molecule has 5 rings (SSSR count). The Hall–Kier alpha value is -2.45. The minimum absolute atomic E-state index is 0. The van der Waals surface area contributed by atoms with Crippen molar-refractivity contribution in [3.05, 3.63) is 83.4 Å². The second kappa shape index (κ2) is 7.31. The molecule has 0 saturated carbocycles. The molecule has 8 bridgehead atoms. The van der Waals surface area contributed by atoms with Crippen LogP contribution < -0.4 is 0 Å². The van der Waals surface area contributed by atoms with Gasteiger partial charge in [-0.05, 0) is 0 Å². The molecule has 0 fully saturated rings. The van der Waals surface area contributed by atoms with Crippen LogP contribution in [0.4, 0.5) is 0 Å². The molecule has 0 aliphatic carbocycles. The minimum atomic E-state index is -0.291. The zero-order valence-electron chi connectivity index (χ0n) is 18.7. The number of benzene rings is 2. The molecule has 0 spiro atoms. The van der Waals surface area contributed by atoms with Gasteiger partial charge in [0.25, 0.3) is 0 Å². The maximum absolute atomic E-state index is 5.05. The van der Waals surface area contributed by atoms with E-state index in [1.54, 1.807) is 0 Å². The van der Waals surface area contributed by atoms with Gasteiger partial charge in [-0.3, -0.25) is 9.97 Å². The molecule has 0 saturated heterocycles. The number of nitrogens with zero attached hydrogens (tertiary/aromatic N) is 4. The second-order valence-electron chi connectivity index (χ2n) is 9.33. The predicted octanol–water partition coefficient (Wildman–Crippen LogP) is 5.05. The zero-order valence-corrected chi connectivity index (χ0v) is 21.0. The molecule has 3 heterocycles. The van der Waals surface area contributed by atoms with E-state index >= 15 is 0 Å². The number of rotatable bonds is 0. The predicted molar refractivity (Wildman–Crippen MR) is 119 cm³/mol. The minimum Gasteiger partial charge on any atom is -0.373 e. The molecule has 2 aromatic heterocycles. The van der Waals surface area contributed by atoms with E-state index in [0.717, 1.165) is 45.3 Å². The summed E-state index contributed by atoms with van der Waals surface area (Å²) in [5, 5.41) is 0. The van der Waals surface area contributed by atoms with Gasteiger partial charge in [0.2, 0.25) is 0 Å². The number of hydrogen-bond acceptors (Lipinski definition) is 2. The molecule has 0 radical (unpaired) electrons. The van der Waals surface area contributed by atoms with E-state index in [0.29, 0.717) is 0 Å². The van der Waals surface area contributed by atoms with Gasteiger partial charge in [0, 0.05) is 37.3 Å². The average molecular weight is 590 g/mol. The third-order valence-electron chi connectivity index (χ3n) is 6.45. The molecule has 31 heavy (non-hydrogen) atoms. The molecule has 0 unspecified atom stereocenters. The van der Waals surface area contributed by atoms with Crippen LogP contribution in [0.3, 0.4) is 0 Å². The summed E-state index contributed by atoms with van der Waals surface area (Å²) in [6, 6.07) is 19.9. The molecule has 4 nitrogen and oxygen atoms in total. The van der Waals surface area contributed by atoms with Gasteiger partial charge in [-0.2, -0.15) is 0 Å². The summed E-state index contributed by atoms with van der Waals surface area (Å²) < 4.78 is 4.20. The fourth-order valence-corrected chi connectivity index (χ4v) is 4.24. The van der Waals surface area contributed by atoms with E-state index in [1.807, 2.05) is 0 Å². The van der Waals surface area contributed by atoms with Crippen molar-refractivity contribution in [1.82, 2.24) is 19.1 Å². The third-order valence-corrected chi connectivity index (χ3v) is 6.45. The molecule has 0 amide bonds. The number of fused-ring (bicyclic) bond motifs is 10. The fourth-order valence-electron chi connectivity index (χ4n) is 4.24. The monoisotopic (exact) mass is 589 g/mol.